The minimum absolute atomic E-state index is 0.0132. The minimum atomic E-state index is -4.06. The Balaban J connectivity index is 1.72. The van der Waals surface area contributed by atoms with Crippen molar-refractivity contribution in [2.75, 3.05) is 4.31 Å². The van der Waals surface area contributed by atoms with Crippen LogP contribution in [0.25, 0.3) is 0 Å². The molecule has 0 spiro atoms. The van der Waals surface area contributed by atoms with E-state index in [1.54, 1.807) is 84.9 Å². The van der Waals surface area contributed by atoms with Crippen molar-refractivity contribution in [3.8, 4) is 5.75 Å². The first-order chi connectivity index (χ1) is 17.8. The highest BCUT2D eigenvalue weighted by atomic mass is 35.5. The number of amides is 1. The predicted molar refractivity (Wildman–Crippen MR) is 146 cm³/mol. The Kier molecular flexibility index (Phi) is 7.91. The molecule has 0 aliphatic rings. The molecule has 0 atom stereocenters. The van der Waals surface area contributed by atoms with Gasteiger partial charge in [0, 0.05) is 10.6 Å². The van der Waals surface area contributed by atoms with Crippen LogP contribution in [-0.4, -0.2) is 25.6 Å². The van der Waals surface area contributed by atoms with Crippen LogP contribution in [0.5, 0.6) is 5.75 Å². The summed E-state index contributed by atoms with van der Waals surface area (Å²) in [6.07, 6.45) is 1.31. The molecule has 4 aromatic carbocycles. The zero-order chi connectivity index (χ0) is 26.4. The number of hydrazone groups is 1. The molecule has 0 bridgehead atoms. The van der Waals surface area contributed by atoms with Gasteiger partial charge in [-0.15, -0.1) is 0 Å². The second-order valence-electron chi connectivity index (χ2n) is 8.23. The second kappa shape index (κ2) is 11.3. The Bertz CT molecular complexity index is 1540. The molecule has 0 aliphatic carbocycles. The number of aryl methyl sites for hydroxylation is 1. The average molecular weight is 534 g/mol. The van der Waals surface area contributed by atoms with Crippen molar-refractivity contribution >= 4 is 39.4 Å². The van der Waals surface area contributed by atoms with Crippen LogP contribution < -0.4 is 9.73 Å². The van der Waals surface area contributed by atoms with E-state index in [4.69, 9.17) is 11.6 Å². The highest BCUT2D eigenvalue weighted by molar-refractivity contribution is 7.92. The maximum atomic E-state index is 13.8. The van der Waals surface area contributed by atoms with Crippen molar-refractivity contribution in [2.45, 2.75) is 18.4 Å². The van der Waals surface area contributed by atoms with Gasteiger partial charge in [-0.25, -0.2) is 13.8 Å². The predicted octanol–water partition coefficient (Wildman–Crippen LogP) is 5.51. The summed E-state index contributed by atoms with van der Waals surface area (Å²) in [5.41, 5.74) is 4.75. The first kappa shape index (κ1) is 25.9. The molecular weight excluding hydrogens is 510 g/mol. The Morgan fingerprint density at radius 2 is 1.59 bits per heavy atom. The van der Waals surface area contributed by atoms with Crippen LogP contribution >= 0.6 is 11.6 Å². The third kappa shape index (κ3) is 6.17. The first-order valence-electron chi connectivity index (χ1n) is 11.3. The van der Waals surface area contributed by atoms with Crippen molar-refractivity contribution in [2.24, 2.45) is 5.10 Å². The first-order valence-corrected chi connectivity index (χ1v) is 13.1. The molecule has 1 amide bonds. The number of benzene rings is 4. The van der Waals surface area contributed by atoms with Crippen LogP contribution in [0, 0.1) is 6.92 Å². The summed E-state index contributed by atoms with van der Waals surface area (Å²) < 4.78 is 28.9. The number of halogens is 1. The minimum Gasteiger partial charge on any atom is -0.507 e. The van der Waals surface area contributed by atoms with E-state index in [-0.39, 0.29) is 28.4 Å². The van der Waals surface area contributed by atoms with Gasteiger partial charge in [0.25, 0.3) is 15.9 Å². The number of aromatic hydroxyl groups is 1. The number of nitrogens with one attached hydrogen (secondary N) is 1. The van der Waals surface area contributed by atoms with Gasteiger partial charge in [-0.2, -0.15) is 5.10 Å². The van der Waals surface area contributed by atoms with Crippen molar-refractivity contribution in [1.29, 1.82) is 0 Å². The van der Waals surface area contributed by atoms with Crippen LogP contribution in [0.3, 0.4) is 0 Å². The fourth-order valence-corrected chi connectivity index (χ4v) is 5.19. The van der Waals surface area contributed by atoms with E-state index in [1.165, 1.54) is 22.7 Å². The summed E-state index contributed by atoms with van der Waals surface area (Å²) in [7, 11) is -4.06. The third-order valence-electron chi connectivity index (χ3n) is 5.57. The van der Waals surface area contributed by atoms with Crippen molar-refractivity contribution in [1.82, 2.24) is 5.43 Å². The largest absolute Gasteiger partial charge is 0.507 e. The molecule has 7 nitrogen and oxygen atoms in total. The number of para-hydroxylation sites is 2. The maximum Gasteiger partial charge on any atom is 0.273 e. The van der Waals surface area contributed by atoms with Crippen molar-refractivity contribution in [3.05, 3.63) is 124 Å². The Labute approximate surface area is 220 Å². The molecule has 9 heteroatoms. The maximum absolute atomic E-state index is 13.8. The number of anilines is 1. The van der Waals surface area contributed by atoms with E-state index in [2.05, 4.69) is 10.5 Å². The summed E-state index contributed by atoms with van der Waals surface area (Å²) >= 11 is 6.02. The number of rotatable bonds is 8. The SMILES string of the molecule is Cc1ccc(S(=O)(=O)N(Cc2ccc(Cl)cc2)c2ccccc2C(=O)NN=Cc2ccccc2O)cc1. The molecule has 2 N–H and O–H groups in total. The number of nitrogens with zero attached hydrogens (tertiary/aromatic N) is 2. The number of carbonyl (C=O) groups excluding carboxylic acids is 1. The molecule has 0 unspecified atom stereocenters. The van der Waals surface area contributed by atoms with E-state index in [9.17, 15) is 18.3 Å². The lowest BCUT2D eigenvalue weighted by molar-refractivity contribution is 0.0955. The number of phenolic OH excluding ortho intramolecular Hbond substituents is 1. The molecule has 0 radical (unpaired) electrons. The highest BCUT2D eigenvalue weighted by Crippen LogP contribution is 2.30. The van der Waals surface area contributed by atoms with E-state index in [1.807, 2.05) is 6.92 Å². The molecule has 0 heterocycles. The molecule has 0 aromatic heterocycles. The fourth-order valence-electron chi connectivity index (χ4n) is 3.59. The molecule has 37 heavy (non-hydrogen) atoms. The monoisotopic (exact) mass is 533 g/mol. The summed E-state index contributed by atoms with van der Waals surface area (Å²) in [6.45, 7) is 1.84. The van der Waals surface area contributed by atoms with Gasteiger partial charge in [0.15, 0.2) is 0 Å². The Morgan fingerprint density at radius 3 is 2.30 bits per heavy atom. The normalized spacial score (nSPS) is 11.4. The summed E-state index contributed by atoms with van der Waals surface area (Å²) in [5.74, 6) is -0.596. The van der Waals surface area contributed by atoms with E-state index >= 15 is 0 Å². The lowest BCUT2D eigenvalue weighted by atomic mass is 10.1. The highest BCUT2D eigenvalue weighted by Gasteiger charge is 2.28. The Hall–Kier alpha value is -4.14. The number of carbonyl (C=O) groups is 1. The average Bonchev–Trinajstić information content (AvgIpc) is 2.89. The van der Waals surface area contributed by atoms with Crippen LogP contribution in [-0.2, 0) is 16.6 Å². The zero-order valence-corrected chi connectivity index (χ0v) is 21.4. The lowest BCUT2D eigenvalue weighted by Crippen LogP contribution is -2.33. The fraction of sp³-hybridized carbons (Fsp3) is 0.0714. The van der Waals surface area contributed by atoms with Gasteiger partial charge in [0.05, 0.1) is 28.9 Å². The molecule has 4 aromatic rings. The van der Waals surface area contributed by atoms with Crippen molar-refractivity contribution in [3.63, 3.8) is 0 Å². The lowest BCUT2D eigenvalue weighted by Gasteiger charge is -2.26. The van der Waals surface area contributed by atoms with Crippen LogP contribution in [0.1, 0.15) is 27.0 Å². The van der Waals surface area contributed by atoms with Crippen LogP contribution in [0.4, 0.5) is 5.69 Å². The molecule has 0 aliphatic heterocycles. The van der Waals surface area contributed by atoms with Gasteiger partial charge in [0.2, 0.25) is 0 Å². The summed E-state index contributed by atoms with van der Waals surface area (Å²) in [6, 6.07) is 26.3. The zero-order valence-electron chi connectivity index (χ0n) is 19.9. The molecular formula is C28H24ClN3O4S. The van der Waals surface area contributed by atoms with Gasteiger partial charge in [-0.1, -0.05) is 65.7 Å². The molecule has 188 valence electrons. The topological polar surface area (TPSA) is 99.1 Å². The van der Waals surface area contributed by atoms with E-state index in [0.29, 0.717) is 16.1 Å². The second-order valence-corrected chi connectivity index (χ2v) is 10.5. The Morgan fingerprint density at radius 1 is 0.946 bits per heavy atom. The quantitative estimate of drug-likeness (QED) is 0.230. The summed E-state index contributed by atoms with van der Waals surface area (Å²) in [4.78, 5) is 13.2. The van der Waals surface area contributed by atoms with Gasteiger partial charge < -0.3 is 5.11 Å². The van der Waals surface area contributed by atoms with Crippen LogP contribution in [0.2, 0.25) is 5.02 Å². The van der Waals surface area contributed by atoms with Gasteiger partial charge in [0.1, 0.15) is 5.75 Å². The number of phenols is 1. The van der Waals surface area contributed by atoms with Gasteiger partial charge in [-0.05, 0) is 61.0 Å². The smallest absolute Gasteiger partial charge is 0.273 e. The number of hydrogen-bond donors (Lipinski definition) is 2. The third-order valence-corrected chi connectivity index (χ3v) is 7.60. The van der Waals surface area contributed by atoms with E-state index < -0.39 is 15.9 Å². The van der Waals surface area contributed by atoms with Crippen molar-refractivity contribution < 1.29 is 18.3 Å². The standard InChI is InChI=1S/C28H24ClN3O4S/c1-20-10-16-24(17-11-20)37(35,36)32(19-21-12-14-23(29)15-13-21)26-8-4-3-7-25(26)28(34)31-30-18-22-6-2-5-9-27(22)33/h2-18,33H,19H2,1H3,(H,31,34). The molecule has 0 saturated heterocycles. The van der Waals surface area contributed by atoms with E-state index in [0.717, 1.165) is 5.56 Å². The number of sulfonamides is 1. The molecule has 0 saturated carbocycles. The summed E-state index contributed by atoms with van der Waals surface area (Å²) in [5, 5.41) is 14.4. The van der Waals surface area contributed by atoms with Crippen LogP contribution in [0.15, 0.2) is 107 Å². The molecule has 4 rings (SSSR count). The van der Waals surface area contributed by atoms with Gasteiger partial charge in [-0.3, -0.25) is 9.10 Å². The van der Waals surface area contributed by atoms with Gasteiger partial charge >= 0.3 is 0 Å². The number of hydrogen-bond acceptors (Lipinski definition) is 5. The molecule has 0 fully saturated rings.